The van der Waals surface area contributed by atoms with Crippen molar-refractivity contribution in [1.82, 2.24) is 25.2 Å². The number of carbonyl (C=O) groups is 1. The number of nitrogens with zero attached hydrogens (tertiary/aromatic N) is 4. The molecule has 2 heterocycles. The third-order valence-corrected chi connectivity index (χ3v) is 4.28. The van der Waals surface area contributed by atoms with Crippen molar-refractivity contribution in [3.63, 3.8) is 0 Å². The molecular formula is C16H29N5O. The van der Waals surface area contributed by atoms with E-state index in [0.717, 1.165) is 52.0 Å². The van der Waals surface area contributed by atoms with Crippen LogP contribution in [-0.2, 0) is 6.54 Å². The third kappa shape index (κ3) is 4.80. The molecule has 0 saturated carbocycles. The molecule has 0 aliphatic carbocycles. The van der Waals surface area contributed by atoms with Crippen LogP contribution in [0.25, 0.3) is 0 Å². The van der Waals surface area contributed by atoms with Gasteiger partial charge >= 0.3 is 0 Å². The van der Waals surface area contributed by atoms with Gasteiger partial charge in [0.2, 0.25) is 0 Å². The smallest absolute Gasteiger partial charge is 0.276 e. The van der Waals surface area contributed by atoms with Crippen LogP contribution in [0.1, 0.15) is 50.5 Å². The number of amides is 1. The van der Waals surface area contributed by atoms with Gasteiger partial charge in [-0.3, -0.25) is 9.48 Å². The normalized spacial score (nSPS) is 16.5. The van der Waals surface area contributed by atoms with E-state index in [4.69, 9.17) is 0 Å². The number of rotatable bonds is 7. The van der Waals surface area contributed by atoms with Gasteiger partial charge in [0, 0.05) is 19.6 Å². The summed E-state index contributed by atoms with van der Waals surface area (Å²) in [7, 11) is 0. The lowest BCUT2D eigenvalue weighted by Crippen LogP contribution is -2.40. The lowest BCUT2D eigenvalue weighted by Gasteiger charge is -2.31. The average Bonchev–Trinajstić information content (AvgIpc) is 2.99. The zero-order valence-electron chi connectivity index (χ0n) is 14.1. The van der Waals surface area contributed by atoms with Gasteiger partial charge in [-0.15, -0.1) is 5.10 Å². The van der Waals surface area contributed by atoms with E-state index in [9.17, 15) is 4.79 Å². The first kappa shape index (κ1) is 16.9. The molecule has 1 saturated heterocycles. The highest BCUT2D eigenvalue weighted by Crippen LogP contribution is 2.18. The molecule has 124 valence electrons. The molecule has 1 aliphatic heterocycles. The quantitative estimate of drug-likeness (QED) is 0.834. The summed E-state index contributed by atoms with van der Waals surface area (Å²) in [6, 6.07) is 0. The van der Waals surface area contributed by atoms with E-state index in [0.29, 0.717) is 17.5 Å². The van der Waals surface area contributed by atoms with E-state index in [1.54, 1.807) is 10.9 Å². The first-order valence-corrected chi connectivity index (χ1v) is 8.50. The number of likely N-dealkylation sites (tertiary alicyclic amines) is 1. The summed E-state index contributed by atoms with van der Waals surface area (Å²) in [4.78, 5) is 14.4. The molecule has 1 fully saturated rings. The van der Waals surface area contributed by atoms with Gasteiger partial charge in [0.1, 0.15) is 0 Å². The molecule has 1 aromatic heterocycles. The topological polar surface area (TPSA) is 63.1 Å². The summed E-state index contributed by atoms with van der Waals surface area (Å²) >= 11 is 0. The zero-order chi connectivity index (χ0) is 15.9. The Labute approximate surface area is 133 Å². The van der Waals surface area contributed by atoms with Crippen LogP contribution in [0.2, 0.25) is 0 Å². The Bertz CT molecular complexity index is 463. The molecule has 2 rings (SSSR count). The summed E-state index contributed by atoms with van der Waals surface area (Å²) in [6.45, 7) is 11.0. The van der Waals surface area contributed by atoms with Crippen molar-refractivity contribution in [2.24, 2.45) is 11.8 Å². The lowest BCUT2D eigenvalue weighted by molar-refractivity contribution is 0.0684. The van der Waals surface area contributed by atoms with Crippen molar-refractivity contribution in [3.8, 4) is 0 Å². The summed E-state index contributed by atoms with van der Waals surface area (Å²) < 4.78 is 1.78. The van der Waals surface area contributed by atoms with Crippen LogP contribution < -0.4 is 5.32 Å². The van der Waals surface area contributed by atoms with Gasteiger partial charge in [-0.2, -0.15) is 0 Å². The van der Waals surface area contributed by atoms with Crippen LogP contribution in [0.5, 0.6) is 0 Å². The molecule has 6 heteroatoms. The Morgan fingerprint density at radius 1 is 1.41 bits per heavy atom. The second kappa shape index (κ2) is 8.27. The number of nitrogens with one attached hydrogen (secondary N) is 1. The number of aromatic nitrogens is 3. The number of hydrogen-bond donors (Lipinski definition) is 1. The van der Waals surface area contributed by atoms with Crippen LogP contribution >= 0.6 is 0 Å². The van der Waals surface area contributed by atoms with Crippen LogP contribution in [-0.4, -0.2) is 52.0 Å². The monoisotopic (exact) mass is 307 g/mol. The predicted molar refractivity (Wildman–Crippen MR) is 86.6 cm³/mol. The SMILES string of the molecule is CCNCC1CCN(C(=O)c2cn(CCC(C)C)nn2)CC1. The summed E-state index contributed by atoms with van der Waals surface area (Å²) in [5, 5.41) is 11.5. The van der Waals surface area contributed by atoms with Gasteiger partial charge in [0.15, 0.2) is 5.69 Å². The molecular weight excluding hydrogens is 278 g/mol. The molecule has 0 radical (unpaired) electrons. The molecule has 0 aromatic carbocycles. The standard InChI is InChI=1S/C16H29N5O/c1-4-17-11-14-6-8-20(9-7-14)16(22)15-12-21(19-18-15)10-5-13(2)3/h12-14,17H,4-11H2,1-3H3. The van der Waals surface area contributed by atoms with Crippen molar-refractivity contribution < 1.29 is 4.79 Å². The van der Waals surface area contributed by atoms with Gasteiger partial charge in [0.25, 0.3) is 5.91 Å². The highest BCUT2D eigenvalue weighted by atomic mass is 16.2. The molecule has 6 nitrogen and oxygen atoms in total. The maximum atomic E-state index is 12.5. The zero-order valence-corrected chi connectivity index (χ0v) is 14.1. The van der Waals surface area contributed by atoms with E-state index in [-0.39, 0.29) is 5.91 Å². The van der Waals surface area contributed by atoms with E-state index in [1.807, 2.05) is 4.90 Å². The first-order valence-electron chi connectivity index (χ1n) is 8.50. The lowest BCUT2D eigenvalue weighted by atomic mass is 9.96. The van der Waals surface area contributed by atoms with Gasteiger partial charge in [0.05, 0.1) is 6.20 Å². The number of carbonyl (C=O) groups excluding carboxylic acids is 1. The number of hydrogen-bond acceptors (Lipinski definition) is 4. The van der Waals surface area contributed by atoms with Gasteiger partial charge in [-0.1, -0.05) is 26.0 Å². The minimum Gasteiger partial charge on any atom is -0.337 e. The minimum absolute atomic E-state index is 0.0256. The Hall–Kier alpha value is -1.43. The molecule has 0 atom stereocenters. The van der Waals surface area contributed by atoms with Crippen molar-refractivity contribution in [3.05, 3.63) is 11.9 Å². The van der Waals surface area contributed by atoms with E-state index >= 15 is 0 Å². The summed E-state index contributed by atoms with van der Waals surface area (Å²) in [5.74, 6) is 1.34. The maximum absolute atomic E-state index is 12.5. The largest absolute Gasteiger partial charge is 0.337 e. The summed E-state index contributed by atoms with van der Waals surface area (Å²) in [6.07, 6.45) is 4.97. The fraction of sp³-hybridized carbons (Fsp3) is 0.812. The highest BCUT2D eigenvalue weighted by Gasteiger charge is 2.25. The van der Waals surface area contributed by atoms with Gasteiger partial charge < -0.3 is 10.2 Å². The molecule has 0 bridgehead atoms. The van der Waals surface area contributed by atoms with Crippen LogP contribution in [0.15, 0.2) is 6.20 Å². The molecule has 1 N–H and O–H groups in total. The number of aryl methyl sites for hydroxylation is 1. The van der Waals surface area contributed by atoms with Crippen molar-refractivity contribution in [1.29, 1.82) is 0 Å². The molecule has 1 amide bonds. The number of piperidine rings is 1. The Morgan fingerprint density at radius 2 is 2.14 bits per heavy atom. The van der Waals surface area contributed by atoms with Crippen LogP contribution in [0, 0.1) is 11.8 Å². The predicted octanol–water partition coefficient (Wildman–Crippen LogP) is 1.79. The van der Waals surface area contributed by atoms with Crippen LogP contribution in [0.4, 0.5) is 0 Å². The third-order valence-electron chi connectivity index (χ3n) is 4.28. The van der Waals surface area contributed by atoms with E-state index < -0.39 is 0 Å². The second-order valence-electron chi connectivity index (χ2n) is 6.59. The molecule has 1 aromatic rings. The van der Waals surface area contributed by atoms with Crippen molar-refractivity contribution >= 4 is 5.91 Å². The van der Waals surface area contributed by atoms with E-state index in [1.165, 1.54) is 0 Å². The Balaban J connectivity index is 1.82. The molecule has 22 heavy (non-hydrogen) atoms. The minimum atomic E-state index is 0.0256. The van der Waals surface area contributed by atoms with E-state index in [2.05, 4.69) is 36.4 Å². The van der Waals surface area contributed by atoms with Crippen LogP contribution in [0.3, 0.4) is 0 Å². The molecule has 1 aliphatic rings. The first-order chi connectivity index (χ1) is 10.6. The van der Waals surface area contributed by atoms with Crippen molar-refractivity contribution in [2.45, 2.75) is 46.6 Å². The molecule has 0 unspecified atom stereocenters. The molecule has 0 spiro atoms. The Kier molecular flexibility index (Phi) is 6.36. The maximum Gasteiger partial charge on any atom is 0.276 e. The second-order valence-corrected chi connectivity index (χ2v) is 6.59. The van der Waals surface area contributed by atoms with Crippen molar-refractivity contribution in [2.75, 3.05) is 26.2 Å². The summed E-state index contributed by atoms with van der Waals surface area (Å²) in [5.41, 5.74) is 0.480. The Morgan fingerprint density at radius 3 is 2.77 bits per heavy atom. The fourth-order valence-electron chi connectivity index (χ4n) is 2.75. The fourth-order valence-corrected chi connectivity index (χ4v) is 2.75. The highest BCUT2D eigenvalue weighted by molar-refractivity contribution is 5.91. The van der Waals surface area contributed by atoms with Gasteiger partial charge in [-0.05, 0) is 44.2 Å². The average molecular weight is 307 g/mol. The van der Waals surface area contributed by atoms with Gasteiger partial charge in [-0.25, -0.2) is 0 Å².